The fourth-order valence-electron chi connectivity index (χ4n) is 4.73. The molecule has 0 aliphatic carbocycles. The minimum absolute atomic E-state index is 0.295. The van der Waals surface area contributed by atoms with E-state index in [9.17, 15) is 14.4 Å². The molecule has 1 fully saturated rings. The molecule has 2 N–H and O–H groups in total. The Morgan fingerprint density at radius 3 is 2.14 bits per heavy atom. The second kappa shape index (κ2) is 10.4. The first-order valence-electron chi connectivity index (χ1n) is 11.4. The van der Waals surface area contributed by atoms with Crippen molar-refractivity contribution in [2.75, 3.05) is 14.2 Å². The van der Waals surface area contributed by atoms with Crippen LogP contribution in [-0.4, -0.2) is 36.9 Å². The van der Waals surface area contributed by atoms with E-state index in [1.807, 2.05) is 66.7 Å². The van der Waals surface area contributed by atoms with Crippen LogP contribution < -0.4 is 10.5 Å². The highest BCUT2D eigenvalue weighted by atomic mass is 16.5. The number of piperidine rings is 1. The molecule has 0 bridgehead atoms. The number of amides is 2. The standard InChI is InChI=1S/C28H28N2O5/c1-34-22-14-8-18(9-15-22)17-30-24(20-10-12-21(13-11-20)26(29)31)16-23(19-6-4-3-5-7-19)25(27(30)32)28(33)35-2/h3-15,23-25H,16-17H2,1-2H3,(H2,29,31). The highest BCUT2D eigenvalue weighted by molar-refractivity contribution is 5.99. The van der Waals surface area contributed by atoms with E-state index in [1.165, 1.54) is 7.11 Å². The number of carbonyl (C=O) groups is 3. The number of benzene rings is 3. The molecule has 3 atom stereocenters. The maximum Gasteiger partial charge on any atom is 0.318 e. The fraction of sp³-hybridized carbons (Fsp3) is 0.250. The quantitative estimate of drug-likeness (QED) is 0.416. The van der Waals surface area contributed by atoms with Gasteiger partial charge in [-0.3, -0.25) is 14.4 Å². The highest BCUT2D eigenvalue weighted by Crippen LogP contribution is 2.44. The van der Waals surface area contributed by atoms with Gasteiger partial charge in [-0.25, -0.2) is 0 Å². The molecule has 3 unspecified atom stereocenters. The lowest BCUT2D eigenvalue weighted by Crippen LogP contribution is -2.49. The zero-order chi connectivity index (χ0) is 24.9. The van der Waals surface area contributed by atoms with E-state index in [0.29, 0.717) is 24.3 Å². The summed E-state index contributed by atoms with van der Waals surface area (Å²) < 4.78 is 10.3. The summed E-state index contributed by atoms with van der Waals surface area (Å²) in [5.41, 5.74) is 8.48. The molecule has 7 nitrogen and oxygen atoms in total. The Morgan fingerprint density at radius 2 is 1.57 bits per heavy atom. The van der Waals surface area contributed by atoms with Crippen molar-refractivity contribution in [3.8, 4) is 5.75 Å². The van der Waals surface area contributed by atoms with Gasteiger partial charge in [0.2, 0.25) is 11.8 Å². The van der Waals surface area contributed by atoms with Gasteiger partial charge in [-0.15, -0.1) is 0 Å². The van der Waals surface area contributed by atoms with Crippen LogP contribution in [0.1, 0.15) is 45.4 Å². The number of nitrogens with zero attached hydrogens (tertiary/aromatic N) is 1. The third-order valence-corrected chi connectivity index (χ3v) is 6.58. The predicted octanol–water partition coefficient (Wildman–Crippen LogP) is 3.84. The summed E-state index contributed by atoms with van der Waals surface area (Å²) in [6.07, 6.45) is 0.515. The Morgan fingerprint density at radius 1 is 0.914 bits per heavy atom. The van der Waals surface area contributed by atoms with Gasteiger partial charge in [-0.05, 0) is 47.4 Å². The van der Waals surface area contributed by atoms with E-state index < -0.39 is 17.8 Å². The first-order valence-corrected chi connectivity index (χ1v) is 11.4. The highest BCUT2D eigenvalue weighted by Gasteiger charge is 2.47. The predicted molar refractivity (Wildman–Crippen MR) is 131 cm³/mol. The van der Waals surface area contributed by atoms with Crippen LogP contribution in [0.25, 0.3) is 0 Å². The molecule has 1 aliphatic rings. The Bertz CT molecular complexity index is 1190. The number of methoxy groups -OCH3 is 2. The monoisotopic (exact) mass is 472 g/mol. The van der Waals surface area contributed by atoms with Crippen molar-refractivity contribution in [3.63, 3.8) is 0 Å². The zero-order valence-electron chi connectivity index (χ0n) is 19.7. The number of carbonyl (C=O) groups excluding carboxylic acids is 3. The van der Waals surface area contributed by atoms with Gasteiger partial charge in [-0.1, -0.05) is 54.6 Å². The van der Waals surface area contributed by atoms with Crippen LogP contribution in [0.2, 0.25) is 0 Å². The maximum absolute atomic E-state index is 13.9. The van der Waals surface area contributed by atoms with E-state index in [2.05, 4.69) is 0 Å². The molecule has 3 aromatic carbocycles. The smallest absolute Gasteiger partial charge is 0.318 e. The fourth-order valence-corrected chi connectivity index (χ4v) is 4.73. The molecule has 4 rings (SSSR count). The van der Waals surface area contributed by atoms with Crippen LogP contribution in [0.15, 0.2) is 78.9 Å². The Kier molecular flexibility index (Phi) is 7.15. The number of esters is 1. The maximum atomic E-state index is 13.9. The number of ether oxygens (including phenoxy) is 2. The lowest BCUT2D eigenvalue weighted by atomic mass is 9.75. The molecule has 180 valence electrons. The molecule has 0 spiro atoms. The largest absolute Gasteiger partial charge is 0.497 e. The first kappa shape index (κ1) is 24.0. The minimum atomic E-state index is -0.957. The molecular weight excluding hydrogens is 444 g/mol. The van der Waals surface area contributed by atoms with Crippen molar-refractivity contribution in [2.24, 2.45) is 11.7 Å². The van der Waals surface area contributed by atoms with Gasteiger partial charge < -0.3 is 20.1 Å². The second-order valence-electron chi connectivity index (χ2n) is 8.57. The number of rotatable bonds is 7. The van der Waals surface area contributed by atoms with Crippen molar-refractivity contribution in [2.45, 2.75) is 24.9 Å². The normalized spacial score (nSPS) is 19.8. The van der Waals surface area contributed by atoms with Gasteiger partial charge in [0.05, 0.1) is 20.3 Å². The lowest BCUT2D eigenvalue weighted by Gasteiger charge is -2.43. The van der Waals surface area contributed by atoms with E-state index in [-0.39, 0.29) is 17.9 Å². The molecule has 0 aromatic heterocycles. The molecular formula is C28H28N2O5. The average molecular weight is 473 g/mol. The van der Waals surface area contributed by atoms with Gasteiger partial charge in [0, 0.05) is 18.0 Å². The third kappa shape index (κ3) is 5.04. The molecule has 0 saturated carbocycles. The second-order valence-corrected chi connectivity index (χ2v) is 8.57. The molecule has 0 radical (unpaired) electrons. The third-order valence-electron chi connectivity index (χ3n) is 6.58. The van der Waals surface area contributed by atoms with E-state index in [1.54, 1.807) is 24.1 Å². The molecule has 2 amide bonds. The van der Waals surface area contributed by atoms with E-state index in [4.69, 9.17) is 15.2 Å². The Labute approximate surface area is 204 Å². The molecule has 1 aliphatic heterocycles. The van der Waals surface area contributed by atoms with Crippen LogP contribution in [0.4, 0.5) is 0 Å². The Hall–Kier alpha value is -4.13. The van der Waals surface area contributed by atoms with Crippen LogP contribution in [0.5, 0.6) is 5.75 Å². The van der Waals surface area contributed by atoms with Gasteiger partial charge in [0.15, 0.2) is 0 Å². The van der Waals surface area contributed by atoms with E-state index in [0.717, 1.165) is 16.7 Å². The SMILES string of the molecule is COC(=O)C1C(=O)N(Cc2ccc(OC)cc2)C(c2ccc(C(N)=O)cc2)CC1c1ccccc1. The van der Waals surface area contributed by atoms with Gasteiger partial charge in [0.1, 0.15) is 11.7 Å². The van der Waals surface area contributed by atoms with Crippen LogP contribution in [0.3, 0.4) is 0 Å². The number of likely N-dealkylation sites (tertiary alicyclic amines) is 1. The van der Waals surface area contributed by atoms with Crippen molar-refractivity contribution < 1.29 is 23.9 Å². The van der Waals surface area contributed by atoms with Crippen molar-refractivity contribution in [1.82, 2.24) is 4.90 Å². The first-order chi connectivity index (χ1) is 16.9. The van der Waals surface area contributed by atoms with Gasteiger partial charge in [0.25, 0.3) is 0 Å². The Balaban J connectivity index is 1.77. The van der Waals surface area contributed by atoms with Crippen molar-refractivity contribution in [3.05, 3.63) is 101 Å². The molecule has 1 saturated heterocycles. The molecule has 7 heteroatoms. The minimum Gasteiger partial charge on any atom is -0.497 e. The summed E-state index contributed by atoms with van der Waals surface area (Å²) >= 11 is 0. The number of hydrogen-bond donors (Lipinski definition) is 1. The van der Waals surface area contributed by atoms with Crippen LogP contribution in [0, 0.1) is 5.92 Å². The molecule has 3 aromatic rings. The summed E-state index contributed by atoms with van der Waals surface area (Å²) in [5.74, 6) is -1.96. The summed E-state index contributed by atoms with van der Waals surface area (Å²) in [7, 11) is 2.90. The van der Waals surface area contributed by atoms with Gasteiger partial charge in [-0.2, -0.15) is 0 Å². The van der Waals surface area contributed by atoms with Crippen molar-refractivity contribution in [1.29, 1.82) is 0 Å². The van der Waals surface area contributed by atoms with Crippen LogP contribution in [-0.2, 0) is 20.9 Å². The number of primary amides is 1. The lowest BCUT2D eigenvalue weighted by molar-refractivity contribution is -0.160. The summed E-state index contributed by atoms with van der Waals surface area (Å²) in [6, 6.07) is 23.7. The van der Waals surface area contributed by atoms with E-state index >= 15 is 0 Å². The number of hydrogen-bond acceptors (Lipinski definition) is 5. The summed E-state index contributed by atoms with van der Waals surface area (Å²) in [6.45, 7) is 0.306. The molecule has 1 heterocycles. The summed E-state index contributed by atoms with van der Waals surface area (Å²) in [4.78, 5) is 40.1. The van der Waals surface area contributed by atoms with Crippen molar-refractivity contribution >= 4 is 17.8 Å². The van der Waals surface area contributed by atoms with Gasteiger partial charge >= 0.3 is 5.97 Å². The summed E-state index contributed by atoms with van der Waals surface area (Å²) in [5, 5.41) is 0. The number of nitrogens with two attached hydrogens (primary N) is 1. The zero-order valence-corrected chi connectivity index (χ0v) is 19.7. The topological polar surface area (TPSA) is 98.9 Å². The van der Waals surface area contributed by atoms with Crippen LogP contribution >= 0.6 is 0 Å². The molecule has 35 heavy (non-hydrogen) atoms. The average Bonchev–Trinajstić information content (AvgIpc) is 2.90.